The van der Waals surface area contributed by atoms with Gasteiger partial charge in [-0.25, -0.2) is 4.79 Å². The average molecular weight is 387 g/mol. The summed E-state index contributed by atoms with van der Waals surface area (Å²) in [6, 6.07) is 8.62. The molecule has 3 rings (SSSR count). The summed E-state index contributed by atoms with van der Waals surface area (Å²) < 4.78 is 16.0. The molecule has 0 saturated carbocycles. The van der Waals surface area contributed by atoms with E-state index in [2.05, 4.69) is 10.6 Å². The number of rotatable bonds is 7. The molecule has 1 aromatic heterocycles. The van der Waals surface area contributed by atoms with Gasteiger partial charge < -0.3 is 19.2 Å². The Kier molecular flexibility index (Phi) is 6.54. The van der Waals surface area contributed by atoms with Crippen LogP contribution in [0.4, 0.5) is 4.79 Å². The smallest absolute Gasteiger partial charge is 0.321 e. The molecule has 150 valence electrons. The molecule has 8 nitrogen and oxygen atoms in total. The summed E-state index contributed by atoms with van der Waals surface area (Å²) in [7, 11) is 3.24. The summed E-state index contributed by atoms with van der Waals surface area (Å²) in [6.07, 6.45) is 3.39. The lowest BCUT2D eigenvalue weighted by atomic mass is 10.0. The predicted octanol–water partition coefficient (Wildman–Crippen LogP) is 2.46. The fourth-order valence-electron chi connectivity index (χ4n) is 3.44. The summed E-state index contributed by atoms with van der Waals surface area (Å²) >= 11 is 0. The molecule has 2 heterocycles. The van der Waals surface area contributed by atoms with E-state index < -0.39 is 6.03 Å². The zero-order valence-electron chi connectivity index (χ0n) is 16.1. The molecule has 1 aliphatic rings. The van der Waals surface area contributed by atoms with Crippen LogP contribution in [0, 0.1) is 0 Å². The van der Waals surface area contributed by atoms with Crippen LogP contribution in [0.5, 0.6) is 11.5 Å². The molecule has 1 fully saturated rings. The second-order valence-electron chi connectivity index (χ2n) is 6.55. The van der Waals surface area contributed by atoms with Crippen LogP contribution in [-0.2, 0) is 11.3 Å². The number of furan rings is 1. The number of ether oxygens (including phenoxy) is 2. The van der Waals surface area contributed by atoms with Crippen molar-refractivity contribution < 1.29 is 23.5 Å². The lowest BCUT2D eigenvalue weighted by molar-refractivity contribution is -0.121. The van der Waals surface area contributed by atoms with Crippen LogP contribution in [-0.4, -0.2) is 44.1 Å². The Labute approximate surface area is 163 Å². The van der Waals surface area contributed by atoms with Crippen molar-refractivity contribution in [2.45, 2.75) is 25.4 Å². The van der Waals surface area contributed by atoms with Crippen LogP contribution in [0.25, 0.3) is 0 Å². The number of nitrogens with zero attached hydrogens (tertiary/aromatic N) is 1. The molecule has 1 atom stereocenters. The monoisotopic (exact) mass is 387 g/mol. The van der Waals surface area contributed by atoms with E-state index in [0.717, 1.165) is 36.4 Å². The van der Waals surface area contributed by atoms with Crippen molar-refractivity contribution in [3.63, 3.8) is 0 Å². The van der Waals surface area contributed by atoms with Gasteiger partial charge >= 0.3 is 6.03 Å². The van der Waals surface area contributed by atoms with Gasteiger partial charge in [0.25, 0.3) is 0 Å². The first-order valence-electron chi connectivity index (χ1n) is 9.16. The molecule has 8 heteroatoms. The van der Waals surface area contributed by atoms with Crippen molar-refractivity contribution in [1.82, 2.24) is 15.5 Å². The molecule has 0 bridgehead atoms. The van der Waals surface area contributed by atoms with E-state index in [1.54, 1.807) is 26.4 Å². The number of hydrogen-bond donors (Lipinski definition) is 2. The van der Waals surface area contributed by atoms with Crippen molar-refractivity contribution in [2.75, 3.05) is 27.3 Å². The number of nitrogens with one attached hydrogen (secondary N) is 2. The van der Waals surface area contributed by atoms with E-state index in [4.69, 9.17) is 13.9 Å². The van der Waals surface area contributed by atoms with Gasteiger partial charge in [-0.3, -0.25) is 15.0 Å². The molecule has 2 N–H and O–H groups in total. The van der Waals surface area contributed by atoms with Gasteiger partial charge in [0, 0.05) is 11.6 Å². The van der Waals surface area contributed by atoms with Crippen molar-refractivity contribution in [1.29, 1.82) is 0 Å². The maximum atomic E-state index is 12.3. The zero-order valence-corrected chi connectivity index (χ0v) is 16.1. The number of methoxy groups -OCH3 is 2. The van der Waals surface area contributed by atoms with Crippen molar-refractivity contribution in [2.24, 2.45) is 0 Å². The summed E-state index contributed by atoms with van der Waals surface area (Å²) in [5.41, 5.74) is 0.981. The van der Waals surface area contributed by atoms with E-state index in [0.29, 0.717) is 5.76 Å². The van der Waals surface area contributed by atoms with Crippen LogP contribution in [0.2, 0.25) is 0 Å². The first-order valence-corrected chi connectivity index (χ1v) is 9.16. The SMILES string of the molecule is COc1ccc(OC)c([C@H]2CCCN2CC(=O)NC(=O)NCc2ccco2)c1. The summed E-state index contributed by atoms with van der Waals surface area (Å²) in [5, 5.41) is 4.96. The number of amides is 3. The molecule has 1 aromatic carbocycles. The minimum Gasteiger partial charge on any atom is -0.497 e. The van der Waals surface area contributed by atoms with Gasteiger partial charge in [0.2, 0.25) is 5.91 Å². The lowest BCUT2D eigenvalue weighted by Gasteiger charge is -2.25. The van der Waals surface area contributed by atoms with E-state index >= 15 is 0 Å². The first-order chi connectivity index (χ1) is 13.6. The highest BCUT2D eigenvalue weighted by Crippen LogP contribution is 2.38. The third-order valence-electron chi connectivity index (χ3n) is 4.76. The quantitative estimate of drug-likeness (QED) is 0.758. The van der Waals surface area contributed by atoms with Crippen molar-refractivity contribution in [3.8, 4) is 11.5 Å². The highest BCUT2D eigenvalue weighted by atomic mass is 16.5. The second kappa shape index (κ2) is 9.27. The Balaban J connectivity index is 1.58. The molecule has 28 heavy (non-hydrogen) atoms. The minimum atomic E-state index is -0.545. The number of likely N-dealkylation sites (tertiary alicyclic amines) is 1. The molecule has 0 spiro atoms. The number of benzene rings is 1. The van der Waals surface area contributed by atoms with Gasteiger partial charge in [0.15, 0.2) is 0 Å². The zero-order chi connectivity index (χ0) is 19.9. The number of urea groups is 1. The van der Waals surface area contributed by atoms with Gasteiger partial charge in [-0.15, -0.1) is 0 Å². The van der Waals surface area contributed by atoms with Crippen LogP contribution in [0.1, 0.15) is 30.2 Å². The number of carbonyl (C=O) groups excluding carboxylic acids is 2. The third kappa shape index (κ3) is 4.83. The fourth-order valence-corrected chi connectivity index (χ4v) is 3.44. The Bertz CT molecular complexity index is 806. The molecular formula is C20H25N3O5. The Morgan fingerprint density at radius 3 is 2.82 bits per heavy atom. The van der Waals surface area contributed by atoms with E-state index in [1.807, 2.05) is 23.1 Å². The normalized spacial score (nSPS) is 16.6. The maximum absolute atomic E-state index is 12.3. The molecule has 3 amide bonds. The Morgan fingerprint density at radius 1 is 1.25 bits per heavy atom. The van der Waals surface area contributed by atoms with Gasteiger partial charge in [-0.2, -0.15) is 0 Å². The van der Waals surface area contributed by atoms with Crippen molar-refractivity contribution >= 4 is 11.9 Å². The molecule has 2 aromatic rings. The highest BCUT2D eigenvalue weighted by Gasteiger charge is 2.30. The third-order valence-corrected chi connectivity index (χ3v) is 4.76. The maximum Gasteiger partial charge on any atom is 0.321 e. The van der Waals surface area contributed by atoms with E-state index in [-0.39, 0.29) is 25.0 Å². The van der Waals surface area contributed by atoms with Gasteiger partial charge in [-0.05, 0) is 49.7 Å². The molecular weight excluding hydrogens is 362 g/mol. The molecule has 0 radical (unpaired) electrons. The molecule has 1 aliphatic heterocycles. The van der Waals surface area contributed by atoms with E-state index in [1.165, 1.54) is 6.26 Å². The number of imide groups is 1. The van der Waals surface area contributed by atoms with E-state index in [9.17, 15) is 9.59 Å². The largest absolute Gasteiger partial charge is 0.497 e. The van der Waals surface area contributed by atoms with Gasteiger partial charge in [0.1, 0.15) is 17.3 Å². The minimum absolute atomic E-state index is 0.0296. The summed E-state index contributed by atoms with van der Waals surface area (Å²) in [4.78, 5) is 26.3. The lowest BCUT2D eigenvalue weighted by Crippen LogP contribution is -2.44. The topological polar surface area (TPSA) is 93.0 Å². The standard InChI is InChI=1S/C20H25N3O5/c1-26-14-7-8-18(27-2)16(11-14)17-6-3-9-23(17)13-19(24)22-20(25)21-12-15-5-4-10-28-15/h4-5,7-8,10-11,17H,3,6,9,12-13H2,1-2H3,(H2,21,22,24,25)/t17-/m1/s1. The average Bonchev–Trinajstić information content (AvgIpc) is 3.37. The molecule has 0 unspecified atom stereocenters. The molecule has 1 saturated heterocycles. The Hall–Kier alpha value is -3.00. The van der Waals surface area contributed by atoms with Crippen LogP contribution in [0.15, 0.2) is 41.0 Å². The fraction of sp³-hybridized carbons (Fsp3) is 0.400. The predicted molar refractivity (Wildman–Crippen MR) is 102 cm³/mol. The summed E-state index contributed by atoms with van der Waals surface area (Å²) in [5.74, 6) is 1.76. The first kappa shape index (κ1) is 19.8. The van der Waals surface area contributed by atoms with Gasteiger partial charge in [-0.1, -0.05) is 0 Å². The Morgan fingerprint density at radius 2 is 2.11 bits per heavy atom. The van der Waals surface area contributed by atoms with Crippen LogP contribution in [0.3, 0.4) is 0 Å². The van der Waals surface area contributed by atoms with Crippen LogP contribution >= 0.6 is 0 Å². The van der Waals surface area contributed by atoms with Gasteiger partial charge in [0.05, 0.1) is 33.6 Å². The number of carbonyl (C=O) groups is 2. The molecule has 0 aliphatic carbocycles. The van der Waals surface area contributed by atoms with Crippen LogP contribution < -0.4 is 20.1 Å². The number of hydrogen-bond acceptors (Lipinski definition) is 6. The highest BCUT2D eigenvalue weighted by molar-refractivity contribution is 5.95. The van der Waals surface area contributed by atoms with Crippen molar-refractivity contribution in [3.05, 3.63) is 47.9 Å². The summed E-state index contributed by atoms with van der Waals surface area (Å²) in [6.45, 7) is 1.12. The second-order valence-corrected chi connectivity index (χ2v) is 6.55.